The second-order valence-electron chi connectivity index (χ2n) is 3.59. The highest BCUT2D eigenvalue weighted by molar-refractivity contribution is 6.31. The molecule has 5 nitrogen and oxygen atoms in total. The van der Waals surface area contributed by atoms with Crippen molar-refractivity contribution in [3.05, 3.63) is 30.1 Å². The fourth-order valence-corrected chi connectivity index (χ4v) is 1.21. The Balaban J connectivity index is 2.50. The average Bonchev–Trinajstić information content (AvgIpc) is 2.29. The molecule has 92 valence electrons. The summed E-state index contributed by atoms with van der Waals surface area (Å²) >= 11 is 5.52. The number of nitrogens with zero attached hydrogens (tertiary/aromatic N) is 1. The summed E-state index contributed by atoms with van der Waals surface area (Å²) in [6, 6.07) is 2.81. The van der Waals surface area contributed by atoms with Crippen molar-refractivity contribution < 1.29 is 9.59 Å². The molecular weight excluding hydrogens is 242 g/mol. The molecule has 0 aromatic carbocycles. The van der Waals surface area contributed by atoms with Crippen molar-refractivity contribution in [1.82, 2.24) is 15.6 Å². The number of hydrogen-bond acceptors (Lipinski definition) is 3. The van der Waals surface area contributed by atoms with Gasteiger partial charge >= 0.3 is 6.03 Å². The molecule has 0 saturated heterocycles. The second-order valence-corrected chi connectivity index (χ2v) is 4.24. The number of rotatable bonds is 3. The minimum Gasteiger partial charge on any atom is -0.331 e. The fraction of sp³-hybridized carbons (Fsp3) is 0.364. The largest absolute Gasteiger partial charge is 0.331 e. The van der Waals surface area contributed by atoms with Gasteiger partial charge in [-0.3, -0.25) is 15.1 Å². The van der Waals surface area contributed by atoms with Crippen LogP contribution in [0.2, 0.25) is 0 Å². The van der Waals surface area contributed by atoms with Crippen LogP contribution in [0.3, 0.4) is 0 Å². The highest BCUT2D eigenvalue weighted by atomic mass is 35.5. The predicted molar refractivity (Wildman–Crippen MR) is 64.6 cm³/mol. The first-order valence-corrected chi connectivity index (χ1v) is 5.59. The molecule has 0 spiro atoms. The number of urea groups is 1. The van der Waals surface area contributed by atoms with Crippen molar-refractivity contribution in [1.29, 1.82) is 0 Å². The lowest BCUT2D eigenvalue weighted by atomic mass is 10.1. The van der Waals surface area contributed by atoms with E-state index in [1.54, 1.807) is 25.4 Å². The topological polar surface area (TPSA) is 71.1 Å². The zero-order valence-electron chi connectivity index (χ0n) is 9.61. The summed E-state index contributed by atoms with van der Waals surface area (Å²) in [6.07, 6.45) is 3.30. The third-order valence-electron chi connectivity index (χ3n) is 2.13. The molecule has 1 aromatic rings. The van der Waals surface area contributed by atoms with Gasteiger partial charge in [-0.15, -0.1) is 11.6 Å². The van der Waals surface area contributed by atoms with Crippen LogP contribution in [-0.2, 0) is 4.79 Å². The third kappa shape index (κ3) is 4.40. The lowest BCUT2D eigenvalue weighted by Crippen LogP contribution is -2.43. The molecule has 1 rings (SSSR count). The van der Waals surface area contributed by atoms with Gasteiger partial charge in [-0.2, -0.15) is 0 Å². The van der Waals surface area contributed by atoms with Gasteiger partial charge in [0.1, 0.15) is 5.38 Å². The van der Waals surface area contributed by atoms with Gasteiger partial charge < -0.3 is 5.32 Å². The first-order chi connectivity index (χ1) is 8.00. The number of alkyl halides is 1. The summed E-state index contributed by atoms with van der Waals surface area (Å²) in [5, 5.41) is 4.01. The summed E-state index contributed by atoms with van der Waals surface area (Å²) in [7, 11) is 0. The van der Waals surface area contributed by atoms with Crippen LogP contribution in [0, 0.1) is 0 Å². The lowest BCUT2D eigenvalue weighted by Gasteiger charge is -2.14. The Morgan fingerprint density at radius 2 is 2.12 bits per heavy atom. The quantitative estimate of drug-likeness (QED) is 0.806. The Bertz CT molecular complexity index is 395. The van der Waals surface area contributed by atoms with E-state index in [4.69, 9.17) is 11.6 Å². The van der Waals surface area contributed by atoms with Crippen LogP contribution in [0.4, 0.5) is 4.79 Å². The summed E-state index contributed by atoms with van der Waals surface area (Å²) in [4.78, 5) is 26.5. The molecule has 0 aliphatic rings. The van der Waals surface area contributed by atoms with E-state index < -0.39 is 17.3 Å². The number of pyridine rings is 1. The van der Waals surface area contributed by atoms with Gasteiger partial charge in [0.25, 0.3) is 0 Å². The molecule has 2 N–H and O–H groups in total. The molecule has 0 aliphatic carbocycles. The minimum absolute atomic E-state index is 0.234. The number of halogens is 1. The van der Waals surface area contributed by atoms with Gasteiger partial charge in [0.2, 0.25) is 5.91 Å². The van der Waals surface area contributed by atoms with Gasteiger partial charge in [-0.05, 0) is 25.5 Å². The number of nitrogens with one attached hydrogen (secondary N) is 2. The van der Waals surface area contributed by atoms with Gasteiger partial charge in [-0.1, -0.05) is 6.07 Å². The molecule has 0 saturated carbocycles. The Morgan fingerprint density at radius 3 is 2.65 bits per heavy atom. The molecular formula is C11H14ClN3O2. The van der Waals surface area contributed by atoms with Crippen LogP contribution >= 0.6 is 11.6 Å². The highest BCUT2D eigenvalue weighted by Crippen LogP contribution is 2.09. The van der Waals surface area contributed by atoms with Crippen LogP contribution in [0.5, 0.6) is 0 Å². The molecule has 1 heterocycles. The molecule has 6 heteroatoms. The van der Waals surface area contributed by atoms with Crippen molar-refractivity contribution in [2.75, 3.05) is 0 Å². The predicted octanol–water partition coefficient (Wildman–Crippen LogP) is 1.60. The molecule has 2 unspecified atom stereocenters. The van der Waals surface area contributed by atoms with Crippen molar-refractivity contribution in [2.24, 2.45) is 0 Å². The maximum absolute atomic E-state index is 11.4. The number of aromatic nitrogens is 1. The third-order valence-corrected chi connectivity index (χ3v) is 2.33. The Morgan fingerprint density at radius 1 is 1.41 bits per heavy atom. The van der Waals surface area contributed by atoms with Gasteiger partial charge in [-0.25, -0.2) is 4.79 Å². The van der Waals surface area contributed by atoms with E-state index in [2.05, 4.69) is 15.6 Å². The minimum atomic E-state index is -0.741. The van der Waals surface area contributed by atoms with E-state index in [1.807, 2.05) is 6.07 Å². The van der Waals surface area contributed by atoms with Crippen molar-refractivity contribution in [3.63, 3.8) is 0 Å². The molecule has 0 bridgehead atoms. The SMILES string of the molecule is CC(Cl)C(=O)NC(=O)NC(C)c1cccnc1. The standard InChI is InChI=1S/C11H14ClN3O2/c1-7(12)10(16)15-11(17)14-8(2)9-4-3-5-13-6-9/h3-8H,1-2H3,(H2,14,15,16,17). The fourth-order valence-electron chi connectivity index (χ4n) is 1.16. The van der Waals surface area contributed by atoms with Gasteiger partial charge in [0, 0.05) is 12.4 Å². The van der Waals surface area contributed by atoms with E-state index in [1.165, 1.54) is 6.92 Å². The monoisotopic (exact) mass is 255 g/mol. The molecule has 1 aromatic heterocycles. The molecule has 2 atom stereocenters. The summed E-state index contributed by atoms with van der Waals surface area (Å²) in [5.41, 5.74) is 0.856. The normalized spacial score (nSPS) is 13.6. The smallest absolute Gasteiger partial charge is 0.321 e. The van der Waals surface area contributed by atoms with E-state index in [-0.39, 0.29) is 6.04 Å². The molecule has 0 fully saturated rings. The number of imide groups is 1. The molecule has 3 amide bonds. The zero-order valence-corrected chi connectivity index (χ0v) is 10.4. The van der Waals surface area contributed by atoms with Crippen LogP contribution in [-0.4, -0.2) is 22.3 Å². The summed E-state index contributed by atoms with van der Waals surface area (Å²) < 4.78 is 0. The van der Waals surface area contributed by atoms with Gasteiger partial charge in [0.05, 0.1) is 6.04 Å². The number of amides is 3. The first kappa shape index (κ1) is 13.4. The summed E-state index contributed by atoms with van der Waals surface area (Å²) in [5.74, 6) is -0.525. The number of carbonyl (C=O) groups excluding carboxylic acids is 2. The second kappa shape index (κ2) is 6.20. The Labute approximate surface area is 105 Å². The number of carbonyl (C=O) groups is 2. The zero-order chi connectivity index (χ0) is 12.8. The van der Waals surface area contributed by atoms with Crippen LogP contribution in [0.1, 0.15) is 25.5 Å². The molecule has 0 aliphatic heterocycles. The maximum Gasteiger partial charge on any atom is 0.321 e. The molecule has 0 radical (unpaired) electrons. The van der Waals surface area contributed by atoms with E-state index in [0.29, 0.717) is 0 Å². The van der Waals surface area contributed by atoms with Gasteiger partial charge in [0.15, 0.2) is 0 Å². The summed E-state index contributed by atoms with van der Waals surface area (Å²) in [6.45, 7) is 3.29. The Kier molecular flexibility index (Phi) is 4.90. The Hall–Kier alpha value is -1.62. The first-order valence-electron chi connectivity index (χ1n) is 5.16. The average molecular weight is 256 g/mol. The van der Waals surface area contributed by atoms with Crippen molar-refractivity contribution in [3.8, 4) is 0 Å². The highest BCUT2D eigenvalue weighted by Gasteiger charge is 2.15. The lowest BCUT2D eigenvalue weighted by molar-refractivity contribution is -0.119. The van der Waals surface area contributed by atoms with Crippen LogP contribution in [0.15, 0.2) is 24.5 Å². The van der Waals surface area contributed by atoms with Crippen LogP contribution < -0.4 is 10.6 Å². The van der Waals surface area contributed by atoms with Crippen LogP contribution in [0.25, 0.3) is 0 Å². The van der Waals surface area contributed by atoms with Crippen molar-refractivity contribution in [2.45, 2.75) is 25.3 Å². The molecule has 17 heavy (non-hydrogen) atoms. The van der Waals surface area contributed by atoms with E-state index in [0.717, 1.165) is 5.56 Å². The maximum atomic E-state index is 11.4. The number of hydrogen-bond donors (Lipinski definition) is 2. The van der Waals surface area contributed by atoms with E-state index >= 15 is 0 Å². The van der Waals surface area contributed by atoms with E-state index in [9.17, 15) is 9.59 Å². The van der Waals surface area contributed by atoms with Crippen molar-refractivity contribution >= 4 is 23.5 Å².